The molecule has 4 aliphatic rings. The zero-order valence-corrected chi connectivity index (χ0v) is 42.9. The molecule has 1 aliphatic carbocycles. The summed E-state index contributed by atoms with van der Waals surface area (Å²) in [5.74, 6) is -2.94. The van der Waals surface area contributed by atoms with Gasteiger partial charge in [0.1, 0.15) is 36.5 Å². The lowest BCUT2D eigenvalue weighted by Crippen LogP contribution is -2.64. The number of carbonyl (C=O) groups excluding carboxylic acids is 6. The normalized spacial score (nSPS) is 23.3. The number of rotatable bonds is 12. The van der Waals surface area contributed by atoms with Crippen molar-refractivity contribution in [2.75, 3.05) is 19.8 Å². The number of para-hydroxylation sites is 1. The molecule has 3 fully saturated rings. The number of aryl methyl sites for hydroxylation is 1. The van der Waals surface area contributed by atoms with Gasteiger partial charge >= 0.3 is 0 Å². The van der Waals surface area contributed by atoms with Crippen molar-refractivity contribution < 1.29 is 38.2 Å². The van der Waals surface area contributed by atoms with Gasteiger partial charge in [0.15, 0.2) is 5.78 Å². The summed E-state index contributed by atoms with van der Waals surface area (Å²) >= 11 is 0. The minimum atomic E-state index is -1.18. The van der Waals surface area contributed by atoms with E-state index in [9.17, 15) is 9.59 Å². The summed E-state index contributed by atoms with van der Waals surface area (Å²) < 4.78 is 12.0. The van der Waals surface area contributed by atoms with Gasteiger partial charge in [-0.1, -0.05) is 129 Å². The minimum absolute atomic E-state index is 0.0213. The molecule has 0 unspecified atom stereocenters. The molecule has 4 aromatic carbocycles. The van der Waals surface area contributed by atoms with Gasteiger partial charge in [-0.05, 0) is 77.3 Å². The van der Waals surface area contributed by atoms with Crippen LogP contribution in [0.3, 0.4) is 0 Å². The van der Waals surface area contributed by atoms with Crippen LogP contribution in [-0.4, -0.2) is 105 Å². The molecular weight excluding hydrogens is 959 g/mol. The molecule has 2 aromatic heterocycles. The molecule has 4 N–H and O–H groups in total. The highest BCUT2D eigenvalue weighted by Crippen LogP contribution is 2.32. The lowest BCUT2D eigenvalue weighted by atomic mass is 9.80. The average molecular weight is 1030 g/mol. The third-order valence-corrected chi connectivity index (χ3v) is 15.8. The second-order valence-electron chi connectivity index (χ2n) is 20.9. The maximum Gasteiger partial charge on any atom is 0.246 e. The monoisotopic (exact) mass is 1030 g/mol. The van der Waals surface area contributed by atoms with E-state index in [4.69, 9.17) is 9.47 Å². The minimum Gasteiger partial charge on any atom is -0.489 e. The van der Waals surface area contributed by atoms with E-state index in [1.165, 1.54) is 9.80 Å². The highest BCUT2D eigenvalue weighted by Gasteiger charge is 2.45. The number of carbonyl (C=O) groups is 6. The van der Waals surface area contributed by atoms with Gasteiger partial charge in [-0.25, -0.2) is 0 Å². The van der Waals surface area contributed by atoms with Crippen molar-refractivity contribution in [3.8, 4) is 5.75 Å². The molecule has 76 heavy (non-hydrogen) atoms. The van der Waals surface area contributed by atoms with Crippen LogP contribution in [0.2, 0.25) is 0 Å². The number of Topliss-reactive ketones (excluding diaryl/α,β-unsaturated/α-hetero) is 1. The molecule has 394 valence electrons. The fraction of sp³-hybridized carbons (Fsp3) is 0.393. The van der Waals surface area contributed by atoms with Gasteiger partial charge in [0.05, 0.1) is 31.5 Å². The van der Waals surface area contributed by atoms with Crippen LogP contribution in [0, 0.1) is 11.8 Å². The van der Waals surface area contributed by atoms with Crippen LogP contribution in [0.5, 0.6) is 5.75 Å². The van der Waals surface area contributed by atoms with E-state index in [1.54, 1.807) is 12.3 Å². The first-order valence-electron chi connectivity index (χ1n) is 27.0. The summed E-state index contributed by atoms with van der Waals surface area (Å²) in [4.78, 5) is 102. The van der Waals surface area contributed by atoms with Gasteiger partial charge in [0.25, 0.3) is 0 Å². The van der Waals surface area contributed by atoms with Crippen LogP contribution in [-0.2, 0) is 72.3 Å². The number of hydrogen-bond acceptors (Lipinski definition) is 9. The number of hydrogen-bond donors (Lipinski definition) is 4. The van der Waals surface area contributed by atoms with Crippen molar-refractivity contribution in [1.29, 1.82) is 0 Å². The number of ketones is 1. The first-order chi connectivity index (χ1) is 37.1. The van der Waals surface area contributed by atoms with Crippen molar-refractivity contribution in [3.63, 3.8) is 0 Å². The second kappa shape index (κ2) is 24.3. The molecule has 2 saturated heterocycles. The van der Waals surface area contributed by atoms with Gasteiger partial charge in [-0.3, -0.25) is 33.8 Å². The largest absolute Gasteiger partial charge is 0.489 e. The topological polar surface area (TPSA) is 192 Å². The van der Waals surface area contributed by atoms with Crippen molar-refractivity contribution in [2.24, 2.45) is 11.8 Å². The van der Waals surface area contributed by atoms with E-state index in [0.29, 0.717) is 30.9 Å². The van der Waals surface area contributed by atoms with E-state index < -0.39 is 65.7 Å². The van der Waals surface area contributed by atoms with Gasteiger partial charge in [0.2, 0.25) is 29.5 Å². The Bertz CT molecular complexity index is 3000. The van der Waals surface area contributed by atoms with Gasteiger partial charge in [0, 0.05) is 61.4 Å². The molecule has 6 aromatic rings. The summed E-state index contributed by atoms with van der Waals surface area (Å²) in [6.45, 7) is 0.407. The highest BCUT2D eigenvalue weighted by molar-refractivity contribution is 5.99. The number of pyridine rings is 1. The van der Waals surface area contributed by atoms with E-state index >= 15 is 19.2 Å². The van der Waals surface area contributed by atoms with Gasteiger partial charge in [-0.15, -0.1) is 0 Å². The molecule has 5 heterocycles. The maximum absolute atomic E-state index is 15.7. The Kier molecular flexibility index (Phi) is 16.6. The van der Waals surface area contributed by atoms with Crippen molar-refractivity contribution in [1.82, 2.24) is 35.7 Å². The van der Waals surface area contributed by atoms with E-state index in [2.05, 4.69) is 25.9 Å². The summed E-state index contributed by atoms with van der Waals surface area (Å²) in [6, 6.07) is 32.7. The molecule has 0 spiro atoms. The Morgan fingerprint density at radius 3 is 2.14 bits per heavy atom. The fourth-order valence-electron chi connectivity index (χ4n) is 11.5. The zero-order chi connectivity index (χ0) is 52.4. The van der Waals surface area contributed by atoms with Crippen LogP contribution >= 0.6 is 0 Å². The number of fused-ring (bicyclic) bond motifs is 4. The lowest BCUT2D eigenvalue weighted by Gasteiger charge is -2.42. The Hall–Kier alpha value is -7.65. The van der Waals surface area contributed by atoms with Crippen molar-refractivity contribution in [2.45, 2.75) is 120 Å². The molecule has 15 heteroatoms. The van der Waals surface area contributed by atoms with Crippen LogP contribution in [0.1, 0.15) is 84.9 Å². The molecule has 15 nitrogen and oxygen atoms in total. The number of morpholine rings is 1. The number of ether oxygens (including phenoxy) is 2. The fourth-order valence-corrected chi connectivity index (χ4v) is 11.5. The summed E-state index contributed by atoms with van der Waals surface area (Å²) in [7, 11) is 0. The quantitative estimate of drug-likeness (QED) is 0.103. The van der Waals surface area contributed by atoms with Crippen LogP contribution in [0.15, 0.2) is 134 Å². The Morgan fingerprint density at radius 1 is 0.632 bits per heavy atom. The molecule has 1 saturated carbocycles. The van der Waals surface area contributed by atoms with Crippen LogP contribution in [0.4, 0.5) is 0 Å². The number of aromatic nitrogens is 2. The summed E-state index contributed by atoms with van der Waals surface area (Å²) in [6.07, 6.45) is 9.53. The number of benzene rings is 4. The molecule has 0 radical (unpaired) electrons. The second-order valence-corrected chi connectivity index (χ2v) is 20.9. The lowest BCUT2D eigenvalue weighted by molar-refractivity contribution is -0.158. The van der Waals surface area contributed by atoms with Crippen molar-refractivity contribution in [3.05, 3.63) is 167 Å². The number of amides is 5. The first-order valence-corrected chi connectivity index (χ1v) is 27.0. The zero-order valence-electron chi connectivity index (χ0n) is 42.9. The number of nitrogens with one attached hydrogen (secondary N) is 4. The van der Waals surface area contributed by atoms with Crippen LogP contribution in [0.25, 0.3) is 10.9 Å². The van der Waals surface area contributed by atoms with E-state index in [0.717, 1.165) is 70.8 Å². The Balaban J connectivity index is 1.03. The maximum atomic E-state index is 15.7. The predicted molar refractivity (Wildman–Crippen MR) is 286 cm³/mol. The molecule has 0 bridgehead atoms. The van der Waals surface area contributed by atoms with Crippen molar-refractivity contribution >= 4 is 46.2 Å². The highest BCUT2D eigenvalue weighted by atomic mass is 16.5. The summed E-state index contributed by atoms with van der Waals surface area (Å²) in [5, 5.41) is 10.1. The Labute approximate surface area is 443 Å². The van der Waals surface area contributed by atoms with Gasteiger partial charge < -0.3 is 40.2 Å². The molecular formula is C61H67N7O8. The van der Waals surface area contributed by atoms with Gasteiger partial charge in [-0.2, -0.15) is 0 Å². The third-order valence-electron chi connectivity index (χ3n) is 15.8. The predicted octanol–water partition coefficient (Wildman–Crippen LogP) is 6.75. The van der Waals surface area contributed by atoms with Crippen LogP contribution < -0.4 is 20.7 Å². The molecule has 10 rings (SSSR count). The number of H-pyrrole nitrogens is 1. The molecule has 5 amide bonds. The average Bonchev–Trinajstić information content (AvgIpc) is 3.89. The first kappa shape index (κ1) is 51.8. The third kappa shape index (κ3) is 12.5. The number of aromatic amines is 1. The summed E-state index contributed by atoms with van der Waals surface area (Å²) in [5.41, 5.74) is 5.78. The molecule has 6 atom stereocenters. The number of nitrogens with zero attached hydrogens (tertiary/aromatic N) is 3. The van der Waals surface area contributed by atoms with E-state index in [1.807, 2.05) is 121 Å². The smallest absolute Gasteiger partial charge is 0.246 e. The molecule has 3 aliphatic heterocycles. The Morgan fingerprint density at radius 2 is 1.36 bits per heavy atom. The standard InChI is InChI=1S/C61H67N7O8/c69-56-35-45(31-41-15-6-2-7-16-41)57(70)66-52(32-42-22-25-47(26-23-42)76-38-43-17-8-3-9-18-43)60(73)68-37-53-44(19-12-28-62-53)34-54(68)61(74)67-29-30-75-39-55(67)59(72)64-50(27-24-40-13-4-1-5-14-40)58(71)65-51(56)33-46-36-63-49-21-11-10-20-48(46)49/h1,3-5,8-14,17-23,25-26,28,36,41,45,50-52,54-55,63H,2,6-7,15-16,24,27,29-35,37-39H2,(H,64,72)(H,65,71)(H,66,70)/t45-,50+,51-,52+,54+,55+/m1/s1. The SMILES string of the molecule is O=C1N[C@@H](Cc2ccc(OCc3ccccc3)cc2)C(=O)N2Cc3ncccc3C[C@H]2C(=O)N2CCOC[C@H]2C(=O)N[C@@H](CCc2ccccc2)C(=O)N[C@H](Cc2c[nH]c3ccccc23)C(=O)C[C@H]1CC1CCCCC1. The van der Waals surface area contributed by atoms with E-state index in [-0.39, 0.29) is 70.1 Å².